The molecule has 0 amide bonds. The highest BCUT2D eigenvalue weighted by Crippen LogP contribution is 2.38. The van der Waals surface area contributed by atoms with Crippen LogP contribution in [0.4, 0.5) is 11.6 Å². The van der Waals surface area contributed by atoms with Gasteiger partial charge >= 0.3 is 0 Å². The number of nitrogens with zero attached hydrogens (tertiary/aromatic N) is 5. The lowest BCUT2D eigenvalue weighted by atomic mass is 9.94. The van der Waals surface area contributed by atoms with Gasteiger partial charge in [-0.15, -0.1) is 0 Å². The highest BCUT2D eigenvalue weighted by atomic mass is 16.6. The minimum Gasteiger partial charge on any atom is -0.390 e. The summed E-state index contributed by atoms with van der Waals surface area (Å²) in [6.45, 7) is 4.21. The van der Waals surface area contributed by atoms with Crippen LogP contribution in [0.1, 0.15) is 17.5 Å². The number of ether oxygens (including phenoxy) is 1. The monoisotopic (exact) mass is 394 g/mol. The Kier molecular flexibility index (Phi) is 4.19. The van der Waals surface area contributed by atoms with Crippen LogP contribution in [0.15, 0.2) is 36.7 Å². The number of hydrazine groups is 1. The number of anilines is 2. The number of hydrogen-bond donors (Lipinski definition) is 2. The van der Waals surface area contributed by atoms with E-state index in [1.54, 1.807) is 6.33 Å². The van der Waals surface area contributed by atoms with E-state index in [9.17, 15) is 5.11 Å². The second kappa shape index (κ2) is 6.91. The molecule has 152 valence electrons. The lowest BCUT2D eigenvalue weighted by Gasteiger charge is -2.43. The van der Waals surface area contributed by atoms with Crippen LogP contribution in [-0.2, 0) is 17.7 Å². The van der Waals surface area contributed by atoms with Crippen molar-refractivity contribution in [2.24, 2.45) is 0 Å². The van der Waals surface area contributed by atoms with Crippen molar-refractivity contribution < 1.29 is 9.84 Å². The van der Waals surface area contributed by atoms with E-state index in [2.05, 4.69) is 54.5 Å². The van der Waals surface area contributed by atoms with Gasteiger partial charge in [-0.1, -0.05) is 24.3 Å². The molecular formula is C21H26N6O2. The highest BCUT2D eigenvalue weighted by molar-refractivity contribution is 5.49. The SMILES string of the molecule is OC1CN(c2cc(NN3C4COC43)ncn2)CCC1N1CCc2ccccc2C1. The smallest absolute Gasteiger partial charge is 0.147 e. The van der Waals surface area contributed by atoms with Gasteiger partial charge in [0.2, 0.25) is 0 Å². The Labute approximate surface area is 170 Å². The number of piperidine rings is 1. The van der Waals surface area contributed by atoms with Crippen LogP contribution >= 0.6 is 0 Å². The topological polar surface area (TPSA) is 76.8 Å². The molecule has 2 aromatic rings. The molecule has 5 unspecified atom stereocenters. The van der Waals surface area contributed by atoms with Gasteiger partial charge in [0.05, 0.1) is 18.8 Å². The third-order valence-corrected chi connectivity index (χ3v) is 6.70. The second-order valence-corrected chi connectivity index (χ2v) is 8.43. The lowest BCUT2D eigenvalue weighted by molar-refractivity contribution is 0.0293. The molecule has 29 heavy (non-hydrogen) atoms. The predicted octanol–water partition coefficient (Wildman–Crippen LogP) is 0.842. The van der Waals surface area contributed by atoms with Gasteiger partial charge in [0, 0.05) is 38.3 Å². The number of rotatable bonds is 4. The van der Waals surface area contributed by atoms with Gasteiger partial charge in [0.1, 0.15) is 24.2 Å². The summed E-state index contributed by atoms with van der Waals surface area (Å²) in [4.78, 5) is 13.4. The van der Waals surface area contributed by atoms with Crippen molar-refractivity contribution in [2.75, 3.05) is 36.6 Å². The number of hydrogen-bond acceptors (Lipinski definition) is 8. The molecule has 8 nitrogen and oxygen atoms in total. The van der Waals surface area contributed by atoms with Crippen molar-refractivity contribution in [1.29, 1.82) is 0 Å². The summed E-state index contributed by atoms with van der Waals surface area (Å²) >= 11 is 0. The molecule has 0 aliphatic carbocycles. The first-order valence-corrected chi connectivity index (χ1v) is 10.5. The van der Waals surface area contributed by atoms with Crippen LogP contribution in [0.2, 0.25) is 0 Å². The van der Waals surface area contributed by atoms with E-state index in [1.807, 2.05) is 6.07 Å². The van der Waals surface area contributed by atoms with E-state index in [-0.39, 0.29) is 12.3 Å². The molecule has 3 fully saturated rings. The molecule has 5 heterocycles. The number of benzene rings is 1. The summed E-state index contributed by atoms with van der Waals surface area (Å²) in [6.07, 6.45) is 3.40. The number of nitrogens with one attached hydrogen (secondary N) is 1. The van der Waals surface area contributed by atoms with E-state index < -0.39 is 6.10 Å². The normalized spacial score (nSPS) is 33.4. The van der Waals surface area contributed by atoms with Crippen LogP contribution < -0.4 is 10.3 Å². The fraction of sp³-hybridized carbons (Fsp3) is 0.524. The number of aromatic nitrogens is 2. The Bertz CT molecular complexity index is 900. The van der Waals surface area contributed by atoms with Gasteiger partial charge in [-0.25, -0.2) is 9.97 Å². The van der Waals surface area contributed by atoms with E-state index in [0.717, 1.165) is 50.7 Å². The number of aliphatic hydroxyl groups excluding tert-OH is 1. The van der Waals surface area contributed by atoms with Crippen LogP contribution in [0, 0.1) is 0 Å². The second-order valence-electron chi connectivity index (χ2n) is 8.43. The molecule has 1 aromatic heterocycles. The molecule has 8 heteroatoms. The maximum Gasteiger partial charge on any atom is 0.147 e. The summed E-state index contributed by atoms with van der Waals surface area (Å²) in [6, 6.07) is 11.3. The van der Waals surface area contributed by atoms with Gasteiger partial charge in [-0.3, -0.25) is 4.90 Å². The molecule has 0 saturated carbocycles. The number of β-amino-alcohol motifs (C(OH)–C–C–N with tert-alkyl or cyclic N) is 1. The van der Waals surface area contributed by atoms with Crippen molar-refractivity contribution in [2.45, 2.75) is 43.8 Å². The van der Waals surface area contributed by atoms with E-state index in [1.165, 1.54) is 11.1 Å². The molecule has 0 radical (unpaired) electrons. The van der Waals surface area contributed by atoms with Gasteiger partial charge in [-0.05, 0) is 24.0 Å². The molecule has 4 aliphatic rings. The van der Waals surface area contributed by atoms with Crippen molar-refractivity contribution in [3.63, 3.8) is 0 Å². The fourth-order valence-corrected chi connectivity index (χ4v) is 4.90. The van der Waals surface area contributed by atoms with Crippen LogP contribution in [0.5, 0.6) is 0 Å². The number of fused-ring (bicyclic) bond motifs is 2. The Balaban J connectivity index is 1.11. The molecule has 0 spiro atoms. The van der Waals surface area contributed by atoms with Crippen molar-refractivity contribution in [3.8, 4) is 0 Å². The van der Waals surface area contributed by atoms with Crippen LogP contribution in [0.25, 0.3) is 0 Å². The largest absolute Gasteiger partial charge is 0.390 e. The van der Waals surface area contributed by atoms with Crippen LogP contribution in [0.3, 0.4) is 0 Å². The quantitative estimate of drug-likeness (QED) is 0.739. The Morgan fingerprint density at radius 1 is 1.10 bits per heavy atom. The molecule has 2 N–H and O–H groups in total. The first kappa shape index (κ1) is 17.6. The van der Waals surface area contributed by atoms with Crippen molar-refractivity contribution in [1.82, 2.24) is 19.9 Å². The van der Waals surface area contributed by atoms with Crippen molar-refractivity contribution in [3.05, 3.63) is 47.8 Å². The average Bonchev–Trinajstić information content (AvgIpc) is 3.24. The predicted molar refractivity (Wildman–Crippen MR) is 108 cm³/mol. The maximum absolute atomic E-state index is 10.9. The molecule has 4 aliphatic heterocycles. The number of aliphatic hydroxyl groups is 1. The first-order chi connectivity index (χ1) is 14.3. The zero-order valence-electron chi connectivity index (χ0n) is 16.3. The summed E-state index contributed by atoms with van der Waals surface area (Å²) in [5.74, 6) is 1.64. The van der Waals surface area contributed by atoms with Gasteiger partial charge in [0.25, 0.3) is 0 Å². The minimum atomic E-state index is -0.392. The zero-order valence-corrected chi connectivity index (χ0v) is 16.3. The molecule has 5 atom stereocenters. The molecule has 0 bridgehead atoms. The summed E-state index contributed by atoms with van der Waals surface area (Å²) in [7, 11) is 0. The Morgan fingerprint density at radius 3 is 2.76 bits per heavy atom. The zero-order chi connectivity index (χ0) is 19.4. The van der Waals surface area contributed by atoms with E-state index in [0.29, 0.717) is 12.6 Å². The van der Waals surface area contributed by atoms with Crippen molar-refractivity contribution >= 4 is 11.6 Å². The standard InChI is InChI=1S/C21H26N6O2/c28-18-11-26(20-9-19(22-13-23-20)24-27-17-12-29-21(17)27)8-6-16(18)25-7-5-14-3-1-2-4-15(14)10-25/h1-4,9,13,16-18,21,28H,5-8,10-12H2,(H,22,23,24). The Hall–Kier alpha value is -2.26. The Morgan fingerprint density at radius 2 is 1.97 bits per heavy atom. The molecule has 3 saturated heterocycles. The van der Waals surface area contributed by atoms with Crippen LogP contribution in [-0.4, -0.2) is 75.6 Å². The molecule has 6 rings (SSSR count). The fourth-order valence-electron chi connectivity index (χ4n) is 4.90. The highest BCUT2D eigenvalue weighted by Gasteiger charge is 2.57. The third-order valence-electron chi connectivity index (χ3n) is 6.70. The maximum atomic E-state index is 10.9. The van der Waals surface area contributed by atoms with E-state index >= 15 is 0 Å². The summed E-state index contributed by atoms with van der Waals surface area (Å²) < 4.78 is 5.41. The minimum absolute atomic E-state index is 0.199. The van der Waals surface area contributed by atoms with Gasteiger partial charge in [0.15, 0.2) is 0 Å². The third kappa shape index (κ3) is 3.16. The molecular weight excluding hydrogens is 368 g/mol. The van der Waals surface area contributed by atoms with E-state index in [4.69, 9.17) is 4.74 Å². The lowest BCUT2D eigenvalue weighted by Crippen LogP contribution is -2.55. The first-order valence-electron chi connectivity index (χ1n) is 10.5. The van der Waals surface area contributed by atoms with Gasteiger partial charge < -0.3 is 20.2 Å². The summed E-state index contributed by atoms with van der Waals surface area (Å²) in [5.41, 5.74) is 6.14. The average molecular weight is 394 g/mol. The summed E-state index contributed by atoms with van der Waals surface area (Å²) in [5, 5.41) is 13.0. The van der Waals surface area contributed by atoms with Gasteiger partial charge in [-0.2, -0.15) is 5.01 Å². The molecule has 1 aromatic carbocycles.